The molecule has 5 heteroatoms. The monoisotopic (exact) mass is 336 g/mol. The summed E-state index contributed by atoms with van der Waals surface area (Å²) in [4.78, 5) is 24.9. The number of hydrogen-bond acceptors (Lipinski definition) is 4. The molecule has 3 aromatic rings. The predicted octanol–water partition coefficient (Wildman–Crippen LogP) is 3.40. The first-order valence-corrected chi connectivity index (χ1v) is 8.40. The number of rotatable bonds is 6. The Hall–Kier alpha value is -2.95. The van der Waals surface area contributed by atoms with Crippen LogP contribution in [0.2, 0.25) is 0 Å². The lowest BCUT2D eigenvalue weighted by Gasteiger charge is -2.11. The fourth-order valence-electron chi connectivity index (χ4n) is 2.65. The van der Waals surface area contributed by atoms with E-state index in [-0.39, 0.29) is 18.1 Å². The average Bonchev–Trinajstić information content (AvgIpc) is 2.65. The molecule has 0 N–H and O–H groups in total. The molecule has 0 aliphatic carbocycles. The third-order valence-corrected chi connectivity index (χ3v) is 4.05. The van der Waals surface area contributed by atoms with E-state index in [1.807, 2.05) is 37.3 Å². The first-order valence-electron chi connectivity index (χ1n) is 8.40. The summed E-state index contributed by atoms with van der Waals surface area (Å²) in [6.07, 6.45) is 3.46. The molecular formula is C20H20N2O3. The molecule has 128 valence electrons. The van der Waals surface area contributed by atoms with Gasteiger partial charge >= 0.3 is 5.97 Å². The van der Waals surface area contributed by atoms with E-state index in [0.717, 1.165) is 18.2 Å². The molecule has 1 heterocycles. The number of unbranched alkanes of at least 4 members (excludes halogenated alkanes) is 1. The quantitative estimate of drug-likeness (QED) is 0.511. The Bertz CT molecular complexity index is 947. The summed E-state index contributed by atoms with van der Waals surface area (Å²) in [5, 5.41) is 5.64. The van der Waals surface area contributed by atoms with Gasteiger partial charge in [-0.15, -0.1) is 0 Å². The number of ether oxygens (including phenoxy) is 1. The van der Waals surface area contributed by atoms with E-state index >= 15 is 0 Å². The van der Waals surface area contributed by atoms with E-state index < -0.39 is 0 Å². The van der Waals surface area contributed by atoms with E-state index in [0.29, 0.717) is 23.1 Å². The smallest absolute Gasteiger partial charge is 0.338 e. The van der Waals surface area contributed by atoms with Crippen LogP contribution in [0.5, 0.6) is 0 Å². The van der Waals surface area contributed by atoms with Crippen molar-refractivity contribution < 1.29 is 9.53 Å². The van der Waals surface area contributed by atoms with Gasteiger partial charge in [0.2, 0.25) is 0 Å². The number of carbonyl (C=O) groups is 1. The normalized spacial score (nSPS) is 10.8. The van der Waals surface area contributed by atoms with Crippen molar-refractivity contribution in [3.63, 3.8) is 0 Å². The Balaban J connectivity index is 1.90. The van der Waals surface area contributed by atoms with E-state index in [9.17, 15) is 9.59 Å². The minimum absolute atomic E-state index is 0.174. The molecule has 0 aliphatic heterocycles. The second-order valence-corrected chi connectivity index (χ2v) is 5.84. The van der Waals surface area contributed by atoms with Crippen LogP contribution in [0.3, 0.4) is 0 Å². The van der Waals surface area contributed by atoms with Crippen LogP contribution in [0, 0.1) is 0 Å². The Morgan fingerprint density at radius 3 is 2.72 bits per heavy atom. The molecule has 0 spiro atoms. The van der Waals surface area contributed by atoms with Gasteiger partial charge in [-0.2, -0.15) is 5.10 Å². The van der Waals surface area contributed by atoms with Crippen molar-refractivity contribution in [2.24, 2.45) is 0 Å². The predicted molar refractivity (Wildman–Crippen MR) is 96.7 cm³/mol. The Labute approximate surface area is 145 Å². The van der Waals surface area contributed by atoms with Crippen LogP contribution in [0.1, 0.15) is 35.7 Å². The summed E-state index contributed by atoms with van der Waals surface area (Å²) in [5.74, 6) is -0.363. The highest BCUT2D eigenvalue weighted by atomic mass is 16.5. The lowest BCUT2D eigenvalue weighted by atomic mass is 10.1. The molecule has 0 atom stereocenters. The van der Waals surface area contributed by atoms with E-state index in [1.54, 1.807) is 24.4 Å². The minimum atomic E-state index is -0.363. The number of esters is 1. The Morgan fingerprint density at radius 1 is 1.12 bits per heavy atom. The van der Waals surface area contributed by atoms with Crippen molar-refractivity contribution in [1.29, 1.82) is 0 Å². The zero-order valence-corrected chi connectivity index (χ0v) is 14.1. The van der Waals surface area contributed by atoms with Crippen molar-refractivity contribution in [2.75, 3.05) is 6.61 Å². The summed E-state index contributed by atoms with van der Waals surface area (Å²) >= 11 is 0. The Morgan fingerprint density at radius 2 is 1.88 bits per heavy atom. The molecule has 0 saturated carbocycles. The summed E-state index contributed by atoms with van der Waals surface area (Å²) in [6.45, 7) is 2.67. The van der Waals surface area contributed by atoms with E-state index in [1.165, 1.54) is 4.68 Å². The molecule has 3 rings (SSSR count). The van der Waals surface area contributed by atoms with Crippen LogP contribution in [0.15, 0.2) is 59.5 Å². The molecular weight excluding hydrogens is 316 g/mol. The maximum atomic E-state index is 12.6. The molecule has 0 radical (unpaired) electrons. The average molecular weight is 336 g/mol. The molecule has 1 aromatic heterocycles. The SMILES string of the molecule is CCCCOC(=O)c1ccccc1Cn1ncc2ccccc2c1=O. The lowest BCUT2D eigenvalue weighted by molar-refractivity contribution is 0.0498. The van der Waals surface area contributed by atoms with Gasteiger partial charge in [0.25, 0.3) is 5.56 Å². The third-order valence-electron chi connectivity index (χ3n) is 4.05. The van der Waals surface area contributed by atoms with Crippen LogP contribution in [-0.4, -0.2) is 22.4 Å². The van der Waals surface area contributed by atoms with Gasteiger partial charge < -0.3 is 4.74 Å². The molecule has 0 unspecified atom stereocenters. The van der Waals surface area contributed by atoms with Crippen LogP contribution >= 0.6 is 0 Å². The molecule has 5 nitrogen and oxygen atoms in total. The summed E-state index contributed by atoms with van der Waals surface area (Å²) in [7, 11) is 0. The van der Waals surface area contributed by atoms with Crippen molar-refractivity contribution in [3.8, 4) is 0 Å². The highest BCUT2D eigenvalue weighted by Gasteiger charge is 2.14. The van der Waals surface area contributed by atoms with Crippen molar-refractivity contribution in [2.45, 2.75) is 26.3 Å². The first kappa shape index (κ1) is 16.9. The van der Waals surface area contributed by atoms with Crippen LogP contribution in [0.4, 0.5) is 0 Å². The fraction of sp³-hybridized carbons (Fsp3) is 0.250. The molecule has 0 aliphatic rings. The van der Waals surface area contributed by atoms with Crippen molar-refractivity contribution in [1.82, 2.24) is 9.78 Å². The second kappa shape index (κ2) is 7.75. The first-order chi connectivity index (χ1) is 12.2. The zero-order chi connectivity index (χ0) is 17.6. The topological polar surface area (TPSA) is 61.2 Å². The standard InChI is InChI=1S/C20H20N2O3/c1-2-3-12-25-20(24)18-11-7-5-9-16(18)14-22-19(23)17-10-6-4-8-15(17)13-21-22/h4-11,13H,2-3,12,14H2,1H3. The fourth-order valence-corrected chi connectivity index (χ4v) is 2.65. The number of aromatic nitrogens is 2. The van der Waals surface area contributed by atoms with Crippen molar-refractivity contribution >= 4 is 16.7 Å². The van der Waals surface area contributed by atoms with Gasteiger partial charge in [-0.05, 0) is 24.1 Å². The maximum absolute atomic E-state index is 12.6. The van der Waals surface area contributed by atoms with E-state index in [2.05, 4.69) is 5.10 Å². The number of benzene rings is 2. The number of carbonyl (C=O) groups excluding carboxylic acids is 1. The number of hydrogen-bond donors (Lipinski definition) is 0. The maximum Gasteiger partial charge on any atom is 0.338 e. The lowest BCUT2D eigenvalue weighted by Crippen LogP contribution is -2.24. The van der Waals surface area contributed by atoms with Gasteiger partial charge in [0.15, 0.2) is 0 Å². The number of nitrogens with zero attached hydrogens (tertiary/aromatic N) is 2. The molecule has 0 amide bonds. The minimum Gasteiger partial charge on any atom is -0.462 e. The van der Waals surface area contributed by atoms with Crippen LogP contribution in [0.25, 0.3) is 10.8 Å². The van der Waals surface area contributed by atoms with Crippen LogP contribution in [-0.2, 0) is 11.3 Å². The van der Waals surface area contributed by atoms with Gasteiger partial charge in [0, 0.05) is 5.39 Å². The van der Waals surface area contributed by atoms with E-state index in [4.69, 9.17) is 4.74 Å². The molecule has 0 fully saturated rings. The Kier molecular flexibility index (Phi) is 5.23. The summed E-state index contributed by atoms with van der Waals surface area (Å²) in [5.41, 5.74) is 1.02. The highest BCUT2D eigenvalue weighted by Crippen LogP contribution is 2.13. The third kappa shape index (κ3) is 3.76. The number of fused-ring (bicyclic) bond motifs is 1. The van der Waals surface area contributed by atoms with Crippen molar-refractivity contribution in [3.05, 3.63) is 76.2 Å². The zero-order valence-electron chi connectivity index (χ0n) is 14.1. The summed E-state index contributed by atoms with van der Waals surface area (Å²) in [6, 6.07) is 14.5. The van der Waals surface area contributed by atoms with Gasteiger partial charge in [-0.25, -0.2) is 9.48 Å². The molecule has 25 heavy (non-hydrogen) atoms. The summed E-state index contributed by atoms with van der Waals surface area (Å²) < 4.78 is 6.68. The van der Waals surface area contributed by atoms with Gasteiger partial charge in [0.05, 0.1) is 30.3 Å². The molecule has 0 saturated heterocycles. The molecule has 0 bridgehead atoms. The van der Waals surface area contributed by atoms with Gasteiger partial charge in [0.1, 0.15) is 0 Å². The largest absolute Gasteiger partial charge is 0.462 e. The highest BCUT2D eigenvalue weighted by molar-refractivity contribution is 5.91. The molecule has 2 aromatic carbocycles. The van der Waals surface area contributed by atoms with Crippen LogP contribution < -0.4 is 5.56 Å². The van der Waals surface area contributed by atoms with Gasteiger partial charge in [-0.1, -0.05) is 49.7 Å². The van der Waals surface area contributed by atoms with Gasteiger partial charge in [-0.3, -0.25) is 4.79 Å². The second-order valence-electron chi connectivity index (χ2n) is 5.84.